The Morgan fingerprint density at radius 2 is 1.48 bits per heavy atom. The molecule has 4 aromatic rings. The largest absolute Gasteiger partial charge is 0.493 e. The highest BCUT2D eigenvalue weighted by Gasteiger charge is 2.14. The summed E-state index contributed by atoms with van der Waals surface area (Å²) in [7, 11) is 1.54. The number of ether oxygens (including phenoxy) is 3. The molecule has 9 heteroatoms. The average Bonchev–Trinajstić information content (AvgIpc) is 2.96. The van der Waals surface area contributed by atoms with E-state index in [1.807, 2.05) is 36.4 Å². The maximum atomic E-state index is 12.8. The summed E-state index contributed by atoms with van der Waals surface area (Å²) in [6.45, 7) is 0.715. The Labute approximate surface area is 256 Å². The van der Waals surface area contributed by atoms with Gasteiger partial charge in [0, 0.05) is 15.7 Å². The van der Waals surface area contributed by atoms with Gasteiger partial charge in [0.05, 0.1) is 10.7 Å². The smallest absolute Gasteiger partial charge is 0.266 e. The van der Waals surface area contributed by atoms with E-state index >= 15 is 0 Å². The summed E-state index contributed by atoms with van der Waals surface area (Å²) < 4.78 is 18.1. The highest BCUT2D eigenvalue weighted by molar-refractivity contribution is 14.1. The van der Waals surface area contributed by atoms with Crippen LogP contribution in [0.5, 0.6) is 17.2 Å². The first-order valence-electron chi connectivity index (χ1n) is 12.0. The molecule has 6 nitrogen and oxygen atoms in total. The lowest BCUT2D eigenvalue weighted by atomic mass is 10.1. The maximum Gasteiger partial charge on any atom is 0.266 e. The molecule has 0 saturated heterocycles. The van der Waals surface area contributed by atoms with Gasteiger partial charge in [-0.15, -0.1) is 0 Å². The van der Waals surface area contributed by atoms with E-state index in [0.29, 0.717) is 51.8 Å². The van der Waals surface area contributed by atoms with E-state index in [-0.39, 0.29) is 5.57 Å². The van der Waals surface area contributed by atoms with Crippen LogP contribution in [0, 0.1) is 14.9 Å². The van der Waals surface area contributed by atoms with Crippen molar-refractivity contribution >= 4 is 63.5 Å². The van der Waals surface area contributed by atoms with Crippen molar-refractivity contribution in [2.75, 3.05) is 12.4 Å². The Hall–Kier alpha value is -3.71. The number of nitrogens with zero attached hydrogens (tertiary/aromatic N) is 1. The summed E-state index contributed by atoms with van der Waals surface area (Å²) in [5, 5.41) is 13.8. The number of halogens is 3. The Kier molecular flexibility index (Phi) is 10.3. The van der Waals surface area contributed by atoms with E-state index in [4.69, 9.17) is 37.4 Å². The van der Waals surface area contributed by atoms with Gasteiger partial charge in [-0.2, -0.15) is 5.26 Å². The Balaban J connectivity index is 1.41. The zero-order chi connectivity index (χ0) is 28.5. The zero-order valence-electron chi connectivity index (χ0n) is 21.3. The van der Waals surface area contributed by atoms with Crippen LogP contribution in [0.15, 0.2) is 90.5 Å². The van der Waals surface area contributed by atoms with Crippen LogP contribution in [0.25, 0.3) is 6.08 Å². The molecule has 0 atom stereocenters. The van der Waals surface area contributed by atoms with Crippen LogP contribution in [0.2, 0.25) is 10.0 Å². The van der Waals surface area contributed by atoms with Crippen molar-refractivity contribution in [3.05, 3.63) is 121 Å². The van der Waals surface area contributed by atoms with Crippen LogP contribution >= 0.6 is 45.8 Å². The summed E-state index contributed by atoms with van der Waals surface area (Å²) in [4.78, 5) is 12.8. The predicted octanol–water partition coefficient (Wildman–Crippen LogP) is 8.31. The van der Waals surface area contributed by atoms with Crippen molar-refractivity contribution in [3.63, 3.8) is 0 Å². The quantitative estimate of drug-likeness (QED) is 0.103. The molecular formula is C31H23Cl2IN2O4. The van der Waals surface area contributed by atoms with Crippen molar-refractivity contribution in [1.29, 1.82) is 5.26 Å². The molecule has 0 bridgehead atoms. The second-order valence-corrected chi connectivity index (χ2v) is 10.5. The third kappa shape index (κ3) is 8.15. The van der Waals surface area contributed by atoms with Crippen molar-refractivity contribution in [3.8, 4) is 23.3 Å². The van der Waals surface area contributed by atoms with Gasteiger partial charge in [-0.1, -0.05) is 47.5 Å². The number of nitriles is 1. The summed E-state index contributed by atoms with van der Waals surface area (Å²) in [5.41, 5.74) is 3.03. The van der Waals surface area contributed by atoms with E-state index in [2.05, 4.69) is 27.9 Å². The van der Waals surface area contributed by atoms with Gasteiger partial charge in [-0.25, -0.2) is 0 Å². The molecule has 0 saturated carbocycles. The number of carbonyl (C=O) groups excluding carboxylic acids is 1. The number of hydrogen-bond acceptors (Lipinski definition) is 5. The number of methoxy groups -OCH3 is 1. The number of carbonyl (C=O) groups is 1. The van der Waals surface area contributed by atoms with E-state index in [9.17, 15) is 10.1 Å². The number of anilines is 1. The number of benzene rings is 4. The lowest BCUT2D eigenvalue weighted by Crippen LogP contribution is -2.13. The van der Waals surface area contributed by atoms with Gasteiger partial charge in [0.1, 0.15) is 30.6 Å². The van der Waals surface area contributed by atoms with Gasteiger partial charge in [-0.3, -0.25) is 4.79 Å². The van der Waals surface area contributed by atoms with Crippen LogP contribution in [0.1, 0.15) is 16.7 Å². The summed E-state index contributed by atoms with van der Waals surface area (Å²) in [6.07, 6.45) is 1.51. The minimum absolute atomic E-state index is 0.0595. The molecule has 4 rings (SSSR count). The first kappa shape index (κ1) is 29.3. The fourth-order valence-corrected chi connectivity index (χ4v) is 4.63. The van der Waals surface area contributed by atoms with Crippen LogP contribution in [0.3, 0.4) is 0 Å². The van der Waals surface area contributed by atoms with Crippen molar-refractivity contribution in [2.45, 2.75) is 13.2 Å². The second kappa shape index (κ2) is 14.1. The van der Waals surface area contributed by atoms with Gasteiger partial charge in [-0.05, 0) is 106 Å². The lowest BCUT2D eigenvalue weighted by Gasteiger charge is -2.14. The van der Waals surface area contributed by atoms with E-state index in [0.717, 1.165) is 14.7 Å². The summed E-state index contributed by atoms with van der Waals surface area (Å²) in [5.74, 6) is 1.16. The van der Waals surface area contributed by atoms with E-state index in [1.54, 1.807) is 54.6 Å². The molecule has 1 N–H and O–H groups in total. The summed E-state index contributed by atoms with van der Waals surface area (Å²) >= 11 is 14.0. The van der Waals surface area contributed by atoms with Crippen LogP contribution in [-0.2, 0) is 18.0 Å². The van der Waals surface area contributed by atoms with Gasteiger partial charge < -0.3 is 19.5 Å². The minimum Gasteiger partial charge on any atom is -0.493 e. The van der Waals surface area contributed by atoms with Gasteiger partial charge in [0.25, 0.3) is 5.91 Å². The standard InChI is InChI=1S/C31H23Cl2IN2O4/c1-38-29-16-22(15-28(34)30(29)40-19-21-4-8-25(33)9-5-21)14-23(17-35)31(37)36-26-10-12-27(13-11-26)39-18-20-2-6-24(32)7-3-20/h2-16H,18-19H2,1H3,(H,36,37)/b23-14+. The molecule has 0 aliphatic heterocycles. The molecule has 4 aromatic carbocycles. The number of hydrogen-bond donors (Lipinski definition) is 1. The fourth-order valence-electron chi connectivity index (χ4n) is 3.59. The average molecular weight is 685 g/mol. The molecule has 0 aliphatic rings. The van der Waals surface area contributed by atoms with E-state index < -0.39 is 5.91 Å². The number of nitrogens with one attached hydrogen (secondary N) is 1. The molecule has 0 aliphatic carbocycles. The van der Waals surface area contributed by atoms with Gasteiger partial charge in [0.2, 0.25) is 0 Å². The maximum absolute atomic E-state index is 12.8. The Morgan fingerprint density at radius 1 is 0.900 bits per heavy atom. The van der Waals surface area contributed by atoms with Crippen LogP contribution in [0.4, 0.5) is 5.69 Å². The highest BCUT2D eigenvalue weighted by atomic mass is 127. The monoisotopic (exact) mass is 684 g/mol. The molecule has 0 aromatic heterocycles. The summed E-state index contributed by atoms with van der Waals surface area (Å²) in [6, 6.07) is 27.2. The number of rotatable bonds is 10. The molecule has 0 heterocycles. The zero-order valence-corrected chi connectivity index (χ0v) is 25.0. The SMILES string of the molecule is COc1cc(/C=C(\C#N)C(=O)Nc2ccc(OCc3ccc(Cl)cc3)cc2)cc(I)c1OCc1ccc(Cl)cc1. The minimum atomic E-state index is -0.533. The number of amides is 1. The molecule has 202 valence electrons. The topological polar surface area (TPSA) is 80.6 Å². The Bertz CT molecular complexity index is 1550. The fraction of sp³-hybridized carbons (Fsp3) is 0.0968. The van der Waals surface area contributed by atoms with Gasteiger partial charge in [0.15, 0.2) is 11.5 Å². The highest BCUT2D eigenvalue weighted by Crippen LogP contribution is 2.35. The lowest BCUT2D eigenvalue weighted by molar-refractivity contribution is -0.112. The normalized spacial score (nSPS) is 10.9. The first-order chi connectivity index (χ1) is 19.3. The third-order valence-corrected chi connectivity index (χ3v) is 6.96. The van der Waals surface area contributed by atoms with Crippen molar-refractivity contribution in [1.82, 2.24) is 0 Å². The second-order valence-electron chi connectivity index (χ2n) is 8.51. The third-order valence-electron chi connectivity index (χ3n) is 5.66. The molecule has 0 spiro atoms. The van der Waals surface area contributed by atoms with Crippen LogP contribution < -0.4 is 19.5 Å². The molecular weight excluding hydrogens is 662 g/mol. The molecule has 40 heavy (non-hydrogen) atoms. The molecule has 0 fully saturated rings. The molecule has 1 amide bonds. The Morgan fingerprint density at radius 3 is 2.02 bits per heavy atom. The van der Waals surface area contributed by atoms with Crippen molar-refractivity contribution < 1.29 is 19.0 Å². The molecule has 0 radical (unpaired) electrons. The van der Waals surface area contributed by atoms with Crippen molar-refractivity contribution in [2.24, 2.45) is 0 Å². The van der Waals surface area contributed by atoms with E-state index in [1.165, 1.54) is 13.2 Å². The van der Waals surface area contributed by atoms with Crippen LogP contribution in [-0.4, -0.2) is 13.0 Å². The first-order valence-corrected chi connectivity index (χ1v) is 13.8. The van der Waals surface area contributed by atoms with Gasteiger partial charge >= 0.3 is 0 Å². The predicted molar refractivity (Wildman–Crippen MR) is 166 cm³/mol. The molecule has 0 unspecified atom stereocenters.